The third kappa shape index (κ3) is 8.12. The van der Waals surface area contributed by atoms with E-state index in [9.17, 15) is 14.4 Å². The predicted octanol–water partition coefficient (Wildman–Crippen LogP) is 7.26. The molecule has 0 radical (unpaired) electrons. The van der Waals surface area contributed by atoms with E-state index >= 15 is 8.78 Å². The number of hydrogen-bond acceptors (Lipinski definition) is 12. The van der Waals surface area contributed by atoms with Crippen molar-refractivity contribution >= 4 is 74.0 Å². The van der Waals surface area contributed by atoms with E-state index in [1.54, 1.807) is 19.3 Å². The number of anilines is 5. The Labute approximate surface area is 392 Å². The predicted molar refractivity (Wildman–Crippen MR) is 255 cm³/mol. The highest BCUT2D eigenvalue weighted by Gasteiger charge is 2.51. The van der Waals surface area contributed by atoms with Crippen molar-refractivity contribution in [3.8, 4) is 5.75 Å². The Morgan fingerprint density at radius 3 is 2.39 bits per heavy atom. The Balaban J connectivity index is 0.691. The Morgan fingerprint density at radius 2 is 1.66 bits per heavy atom. The number of carbonyl (C=O) groups excluding carboxylic acids is 2. The van der Waals surface area contributed by atoms with Gasteiger partial charge in [-0.1, -0.05) is 11.6 Å². The highest BCUT2D eigenvalue weighted by atomic mass is 35.5. The van der Waals surface area contributed by atoms with E-state index < -0.39 is 30.0 Å². The first-order valence-electron chi connectivity index (χ1n) is 24.0. The maximum Gasteiger partial charge on any atom is 0.301 e. The summed E-state index contributed by atoms with van der Waals surface area (Å²) >= 11 is 6.68. The number of carbonyl (C=O) groups is 2. The number of rotatable bonds is 8. The molecule has 8 heterocycles. The number of nitrogens with one attached hydrogen (secondary N) is 3. The number of nitrogens with zero attached hydrogens (tertiary/aromatic N) is 8. The summed E-state index contributed by atoms with van der Waals surface area (Å²) in [5.41, 5.74) is 5.57. The molecule has 11 rings (SSSR count). The molecule has 3 aromatic heterocycles. The molecule has 2 aromatic carbocycles. The summed E-state index contributed by atoms with van der Waals surface area (Å²) < 4.78 is 39.3. The lowest BCUT2D eigenvalue weighted by atomic mass is 9.71. The fraction of sp³-hybridized carbons (Fsp3) is 0.551. The largest absolute Gasteiger partial charge is 0.480 e. The maximum atomic E-state index is 15.2. The first-order chi connectivity index (χ1) is 32.2. The van der Waals surface area contributed by atoms with Gasteiger partial charge in [0.1, 0.15) is 5.02 Å². The van der Waals surface area contributed by atoms with E-state index in [4.69, 9.17) is 26.4 Å². The molecule has 18 heteroatoms. The van der Waals surface area contributed by atoms with E-state index in [1.165, 1.54) is 28.7 Å². The molecule has 1 spiro atoms. The minimum atomic E-state index is -3.12. The van der Waals surface area contributed by atoms with E-state index in [1.807, 2.05) is 23.9 Å². The number of amides is 2. The van der Waals surface area contributed by atoms with Gasteiger partial charge in [-0.15, -0.1) is 0 Å². The number of aryl methyl sites for hydroxylation is 3. The number of fused-ring (bicyclic) bond motifs is 4. The molecular weight excluding hydrogens is 880 g/mol. The molecule has 1 aliphatic carbocycles. The maximum absolute atomic E-state index is 15.2. The van der Waals surface area contributed by atoms with E-state index in [2.05, 4.69) is 54.7 Å². The molecule has 5 aromatic rings. The zero-order valence-electron chi connectivity index (χ0n) is 38.3. The van der Waals surface area contributed by atoms with Crippen molar-refractivity contribution in [3.63, 3.8) is 0 Å². The van der Waals surface area contributed by atoms with Gasteiger partial charge >= 0.3 is 5.92 Å². The number of likely N-dealkylation sites (tertiary alicyclic amines) is 1. The number of ether oxygens (including phenoxy) is 1. The van der Waals surface area contributed by atoms with Crippen LogP contribution in [0.25, 0.3) is 21.8 Å². The second-order valence-electron chi connectivity index (χ2n) is 20.1. The van der Waals surface area contributed by atoms with Gasteiger partial charge in [0.25, 0.3) is 5.56 Å². The van der Waals surface area contributed by atoms with E-state index in [-0.39, 0.29) is 29.2 Å². The highest BCUT2D eigenvalue weighted by Crippen LogP contribution is 2.47. The molecule has 3 N–H and O–H groups in total. The Kier molecular flexibility index (Phi) is 11.1. The van der Waals surface area contributed by atoms with Crippen molar-refractivity contribution in [2.45, 2.75) is 89.0 Å². The third-order valence-electron chi connectivity index (χ3n) is 15.9. The van der Waals surface area contributed by atoms with E-state index in [0.717, 1.165) is 88.1 Å². The third-order valence-corrected chi connectivity index (χ3v) is 16.2. The van der Waals surface area contributed by atoms with Crippen molar-refractivity contribution in [2.75, 3.05) is 72.9 Å². The molecule has 5 aliphatic heterocycles. The number of piperidine rings is 4. The van der Waals surface area contributed by atoms with Crippen LogP contribution >= 0.6 is 11.6 Å². The van der Waals surface area contributed by atoms with Crippen LogP contribution in [0.3, 0.4) is 0 Å². The molecule has 354 valence electrons. The summed E-state index contributed by atoms with van der Waals surface area (Å²) in [5, 5.41) is 15.6. The van der Waals surface area contributed by atoms with Crippen LogP contribution in [-0.4, -0.2) is 105 Å². The quantitative estimate of drug-likeness (QED) is 0.134. The summed E-state index contributed by atoms with van der Waals surface area (Å²) in [6.45, 7) is 8.41. The van der Waals surface area contributed by atoms with Crippen LogP contribution in [0.5, 0.6) is 5.75 Å². The van der Waals surface area contributed by atoms with Crippen LogP contribution in [-0.2, 0) is 23.7 Å². The van der Waals surface area contributed by atoms with Crippen LogP contribution in [0, 0.1) is 24.2 Å². The van der Waals surface area contributed by atoms with Crippen molar-refractivity contribution in [1.29, 1.82) is 0 Å². The van der Waals surface area contributed by atoms with Gasteiger partial charge in [-0.05, 0) is 131 Å². The van der Waals surface area contributed by atoms with Crippen LogP contribution in [0.2, 0.25) is 5.02 Å². The number of imide groups is 1. The highest BCUT2D eigenvalue weighted by molar-refractivity contribution is 6.33. The standard InChI is InChI=1S/C49H58ClF2N11O4/c1-28-36(10-7-32-39(58-60(3)41(28)32)33-8-11-38(64)55-45(33)65)62-18-12-29(13-19-62)26-61-20-14-48(15-21-61)16-22-63(23-17-48)47-53-25-35(50)44(57-47)54-31-6-9-37-34(24-31)40-42(46(66)59(37)2)67-27-49(51,52)43(56-40)30-4-5-30/h6-7,9-10,24-25,29-30,33,43,56H,4-5,8,11-23,26-27H2,1-3H3,(H,53,54,57)(H,55,64,65). The number of benzene rings is 2. The number of halogens is 3. The van der Waals surface area contributed by atoms with Gasteiger partial charge in [0.05, 0.1) is 40.6 Å². The summed E-state index contributed by atoms with van der Waals surface area (Å²) in [6.07, 6.45) is 10.7. The van der Waals surface area contributed by atoms with Crippen molar-refractivity contribution in [3.05, 3.63) is 63.2 Å². The summed E-state index contributed by atoms with van der Waals surface area (Å²) in [5.74, 6) is -2.57. The van der Waals surface area contributed by atoms with Crippen molar-refractivity contribution in [1.82, 2.24) is 34.5 Å². The molecule has 2 unspecified atom stereocenters. The van der Waals surface area contributed by atoms with E-state index in [0.29, 0.717) is 70.4 Å². The number of alkyl halides is 2. The van der Waals surface area contributed by atoms with Crippen LogP contribution < -0.4 is 36.0 Å². The molecular formula is C49H58ClF2N11O4. The average molecular weight is 939 g/mol. The summed E-state index contributed by atoms with van der Waals surface area (Å²) in [7, 11) is 3.56. The molecule has 15 nitrogen and oxygen atoms in total. The second-order valence-corrected chi connectivity index (χ2v) is 20.5. The minimum Gasteiger partial charge on any atom is -0.480 e. The van der Waals surface area contributed by atoms with Gasteiger partial charge < -0.3 is 34.6 Å². The summed E-state index contributed by atoms with van der Waals surface area (Å²) in [6, 6.07) is 8.63. The van der Waals surface area contributed by atoms with Crippen LogP contribution in [0.1, 0.15) is 81.4 Å². The van der Waals surface area contributed by atoms with Gasteiger partial charge in [0, 0.05) is 75.4 Å². The molecule has 1 saturated carbocycles. The lowest BCUT2D eigenvalue weighted by Gasteiger charge is -2.47. The first kappa shape index (κ1) is 44.0. The monoisotopic (exact) mass is 937 g/mol. The first-order valence-corrected chi connectivity index (χ1v) is 24.4. The SMILES string of the molecule is Cc1c(N2CCC(CN3CCC4(CC3)CCN(c3ncc(Cl)c(Nc5ccc6c(c5)c5c(c(=O)n6C)OCC(F)(F)C(C6CC6)N5)n3)CC4)CC2)ccc2c(C3CCC(=O)NC3=O)nn(C)c12. The Bertz CT molecular complexity index is 2840. The van der Waals surface area contributed by atoms with Crippen molar-refractivity contribution in [2.24, 2.45) is 31.3 Å². The van der Waals surface area contributed by atoms with Gasteiger partial charge in [-0.25, -0.2) is 13.8 Å². The Morgan fingerprint density at radius 1 is 0.910 bits per heavy atom. The second kappa shape index (κ2) is 16.9. The van der Waals surface area contributed by atoms with Crippen LogP contribution in [0.4, 0.5) is 37.6 Å². The number of pyridine rings is 1. The zero-order chi connectivity index (χ0) is 46.4. The molecule has 2 atom stereocenters. The Hall–Kier alpha value is -5.55. The summed E-state index contributed by atoms with van der Waals surface area (Å²) in [4.78, 5) is 54.7. The molecule has 67 heavy (non-hydrogen) atoms. The lowest BCUT2D eigenvalue weighted by Crippen LogP contribution is -2.48. The number of hydrogen-bond donors (Lipinski definition) is 3. The van der Waals surface area contributed by atoms with Crippen LogP contribution in [0.15, 0.2) is 41.3 Å². The number of aromatic nitrogens is 5. The molecule has 6 aliphatic rings. The molecule has 4 saturated heterocycles. The topological polar surface area (TPSA) is 155 Å². The van der Waals surface area contributed by atoms with Gasteiger partial charge in [-0.2, -0.15) is 10.1 Å². The van der Waals surface area contributed by atoms with Gasteiger partial charge in [0.2, 0.25) is 23.5 Å². The smallest absolute Gasteiger partial charge is 0.301 e. The fourth-order valence-corrected chi connectivity index (χ4v) is 11.9. The normalized spacial score (nSPS) is 23.5. The lowest BCUT2D eigenvalue weighted by molar-refractivity contribution is -0.134. The van der Waals surface area contributed by atoms with Gasteiger partial charge in [0.15, 0.2) is 12.4 Å². The molecule has 2 amide bonds. The minimum absolute atomic E-state index is 0.0965. The zero-order valence-corrected chi connectivity index (χ0v) is 39.1. The average Bonchev–Trinajstić information content (AvgIpc) is 4.12. The molecule has 0 bridgehead atoms. The van der Waals surface area contributed by atoms with Crippen molar-refractivity contribution < 1.29 is 23.1 Å². The van der Waals surface area contributed by atoms with Gasteiger partial charge in [-0.3, -0.25) is 24.4 Å². The fourth-order valence-electron chi connectivity index (χ4n) is 11.8. The molecule has 5 fully saturated rings.